The number of para-hydroxylation sites is 4. The van der Waals surface area contributed by atoms with Crippen molar-refractivity contribution in [3.05, 3.63) is 48.5 Å². The standard InChI is InChI=1S/C14H15N3/c1-15-11-6-2-4-8-13(11)17-10-16-12-7-3-5-9-14(12)17/h2-9,15-16H,10H2,1H3. The third-order valence-electron chi connectivity index (χ3n) is 3.09. The summed E-state index contributed by atoms with van der Waals surface area (Å²) in [5, 5.41) is 6.63. The highest BCUT2D eigenvalue weighted by atomic mass is 15.3. The third kappa shape index (κ3) is 1.60. The van der Waals surface area contributed by atoms with Crippen molar-refractivity contribution < 1.29 is 0 Å². The molecule has 0 amide bonds. The first-order chi connectivity index (χ1) is 8.40. The van der Waals surface area contributed by atoms with Crippen LogP contribution in [0.5, 0.6) is 0 Å². The molecule has 1 aliphatic rings. The molecule has 3 nitrogen and oxygen atoms in total. The highest BCUT2D eigenvalue weighted by Gasteiger charge is 2.20. The second kappa shape index (κ2) is 4.01. The van der Waals surface area contributed by atoms with Crippen LogP contribution in [0.3, 0.4) is 0 Å². The molecule has 0 spiro atoms. The second-order valence-electron chi connectivity index (χ2n) is 4.05. The van der Waals surface area contributed by atoms with Gasteiger partial charge in [-0.3, -0.25) is 0 Å². The van der Waals surface area contributed by atoms with E-state index < -0.39 is 0 Å². The molecule has 0 fully saturated rings. The van der Waals surface area contributed by atoms with Gasteiger partial charge in [0.1, 0.15) is 0 Å². The van der Waals surface area contributed by atoms with Gasteiger partial charge in [-0.2, -0.15) is 0 Å². The lowest BCUT2D eigenvalue weighted by atomic mass is 10.2. The molecular weight excluding hydrogens is 210 g/mol. The Balaban J connectivity index is 2.07. The molecule has 2 aromatic rings. The summed E-state index contributed by atoms with van der Waals surface area (Å²) in [6.07, 6.45) is 0. The highest BCUT2D eigenvalue weighted by molar-refractivity contribution is 5.85. The largest absolute Gasteiger partial charge is 0.386 e. The highest BCUT2D eigenvalue weighted by Crippen LogP contribution is 2.39. The minimum atomic E-state index is 0.818. The zero-order valence-electron chi connectivity index (χ0n) is 9.77. The lowest BCUT2D eigenvalue weighted by Crippen LogP contribution is -2.17. The van der Waals surface area contributed by atoms with Crippen LogP contribution in [0.4, 0.5) is 22.7 Å². The summed E-state index contributed by atoms with van der Waals surface area (Å²) in [7, 11) is 1.95. The first-order valence-electron chi connectivity index (χ1n) is 5.77. The number of fused-ring (bicyclic) bond motifs is 1. The molecule has 0 aliphatic carbocycles. The number of hydrogen-bond acceptors (Lipinski definition) is 3. The first-order valence-corrected chi connectivity index (χ1v) is 5.77. The maximum atomic E-state index is 3.40. The summed E-state index contributed by atoms with van der Waals surface area (Å²) in [5.74, 6) is 0. The Morgan fingerprint density at radius 1 is 1.00 bits per heavy atom. The van der Waals surface area contributed by atoms with Gasteiger partial charge in [-0.05, 0) is 24.3 Å². The van der Waals surface area contributed by atoms with Crippen molar-refractivity contribution in [3.8, 4) is 0 Å². The van der Waals surface area contributed by atoms with Crippen LogP contribution in [0.2, 0.25) is 0 Å². The molecule has 0 aromatic heterocycles. The average molecular weight is 225 g/mol. The molecule has 2 N–H and O–H groups in total. The van der Waals surface area contributed by atoms with Crippen LogP contribution < -0.4 is 15.5 Å². The molecule has 0 atom stereocenters. The van der Waals surface area contributed by atoms with E-state index in [0.717, 1.165) is 12.4 Å². The summed E-state index contributed by atoms with van der Waals surface area (Å²) in [5.41, 5.74) is 4.77. The van der Waals surface area contributed by atoms with Crippen molar-refractivity contribution in [2.45, 2.75) is 0 Å². The van der Waals surface area contributed by atoms with Crippen molar-refractivity contribution in [2.75, 3.05) is 29.2 Å². The van der Waals surface area contributed by atoms with Crippen molar-refractivity contribution in [3.63, 3.8) is 0 Å². The first kappa shape index (κ1) is 10.0. The fraction of sp³-hybridized carbons (Fsp3) is 0.143. The smallest absolute Gasteiger partial charge is 0.0927 e. The quantitative estimate of drug-likeness (QED) is 0.821. The van der Waals surface area contributed by atoms with Gasteiger partial charge in [0.05, 0.1) is 29.4 Å². The van der Waals surface area contributed by atoms with E-state index in [1.807, 2.05) is 13.1 Å². The lowest BCUT2D eigenvalue weighted by molar-refractivity contribution is 1.10. The van der Waals surface area contributed by atoms with Gasteiger partial charge in [-0.25, -0.2) is 0 Å². The van der Waals surface area contributed by atoms with Gasteiger partial charge in [0.25, 0.3) is 0 Å². The van der Waals surface area contributed by atoms with E-state index in [1.165, 1.54) is 17.1 Å². The van der Waals surface area contributed by atoms with Gasteiger partial charge in [0.15, 0.2) is 0 Å². The SMILES string of the molecule is CNc1ccccc1N1CNc2ccccc21. The van der Waals surface area contributed by atoms with E-state index in [9.17, 15) is 0 Å². The molecule has 1 heterocycles. The molecule has 0 unspecified atom stereocenters. The van der Waals surface area contributed by atoms with Gasteiger partial charge >= 0.3 is 0 Å². The third-order valence-corrected chi connectivity index (χ3v) is 3.09. The molecule has 0 radical (unpaired) electrons. The predicted molar refractivity (Wildman–Crippen MR) is 73.1 cm³/mol. The van der Waals surface area contributed by atoms with Crippen LogP contribution in [-0.4, -0.2) is 13.7 Å². The van der Waals surface area contributed by atoms with E-state index in [4.69, 9.17) is 0 Å². The lowest BCUT2D eigenvalue weighted by Gasteiger charge is -2.21. The molecule has 0 saturated heterocycles. The summed E-state index contributed by atoms with van der Waals surface area (Å²) in [4.78, 5) is 2.28. The summed E-state index contributed by atoms with van der Waals surface area (Å²) in [6, 6.07) is 16.7. The van der Waals surface area contributed by atoms with E-state index >= 15 is 0 Å². The van der Waals surface area contributed by atoms with E-state index in [1.54, 1.807) is 0 Å². The average Bonchev–Trinajstić information content (AvgIpc) is 2.82. The van der Waals surface area contributed by atoms with Crippen LogP contribution in [0.15, 0.2) is 48.5 Å². The van der Waals surface area contributed by atoms with Gasteiger partial charge in [0, 0.05) is 7.05 Å². The van der Waals surface area contributed by atoms with E-state index in [0.29, 0.717) is 0 Å². The molecule has 0 saturated carbocycles. The molecule has 3 rings (SSSR count). The molecule has 86 valence electrons. The normalized spacial score (nSPS) is 13.1. The Labute approximate surface area is 101 Å². The van der Waals surface area contributed by atoms with Crippen LogP contribution >= 0.6 is 0 Å². The van der Waals surface area contributed by atoms with Crippen molar-refractivity contribution in [1.29, 1.82) is 0 Å². The fourth-order valence-corrected chi connectivity index (χ4v) is 2.24. The topological polar surface area (TPSA) is 27.3 Å². The van der Waals surface area contributed by atoms with Crippen LogP contribution in [-0.2, 0) is 0 Å². The minimum absolute atomic E-state index is 0.818. The Bertz CT molecular complexity index is 536. The number of nitrogens with one attached hydrogen (secondary N) is 2. The minimum Gasteiger partial charge on any atom is -0.386 e. The van der Waals surface area contributed by atoms with Gasteiger partial charge in [0.2, 0.25) is 0 Å². The van der Waals surface area contributed by atoms with Crippen LogP contribution in [0.25, 0.3) is 0 Å². The Hall–Kier alpha value is -2.16. The van der Waals surface area contributed by atoms with Gasteiger partial charge in [-0.15, -0.1) is 0 Å². The Kier molecular flexibility index (Phi) is 2.37. The van der Waals surface area contributed by atoms with Gasteiger partial charge in [-0.1, -0.05) is 24.3 Å². The summed E-state index contributed by atoms with van der Waals surface area (Å²) < 4.78 is 0. The number of nitrogens with zero attached hydrogens (tertiary/aromatic N) is 1. The summed E-state index contributed by atoms with van der Waals surface area (Å²) >= 11 is 0. The van der Waals surface area contributed by atoms with Crippen molar-refractivity contribution in [1.82, 2.24) is 0 Å². The Morgan fingerprint density at radius 3 is 2.53 bits per heavy atom. The molecular formula is C14H15N3. The zero-order valence-corrected chi connectivity index (χ0v) is 9.77. The molecule has 0 bridgehead atoms. The number of anilines is 4. The van der Waals surface area contributed by atoms with E-state index in [2.05, 4.69) is 58.0 Å². The fourth-order valence-electron chi connectivity index (χ4n) is 2.24. The maximum absolute atomic E-state index is 3.40. The molecule has 17 heavy (non-hydrogen) atoms. The number of rotatable bonds is 2. The van der Waals surface area contributed by atoms with Crippen LogP contribution in [0.1, 0.15) is 0 Å². The second-order valence-corrected chi connectivity index (χ2v) is 4.05. The Morgan fingerprint density at radius 2 is 1.71 bits per heavy atom. The number of benzene rings is 2. The zero-order chi connectivity index (χ0) is 11.7. The van der Waals surface area contributed by atoms with E-state index in [-0.39, 0.29) is 0 Å². The molecule has 2 aromatic carbocycles. The molecule has 3 heteroatoms. The van der Waals surface area contributed by atoms with Crippen LogP contribution in [0, 0.1) is 0 Å². The van der Waals surface area contributed by atoms with Gasteiger partial charge < -0.3 is 15.5 Å². The van der Waals surface area contributed by atoms with Crippen molar-refractivity contribution >= 4 is 22.7 Å². The monoisotopic (exact) mass is 225 g/mol. The molecule has 1 aliphatic heterocycles. The van der Waals surface area contributed by atoms with Crippen molar-refractivity contribution in [2.24, 2.45) is 0 Å². The maximum Gasteiger partial charge on any atom is 0.0927 e. The predicted octanol–water partition coefficient (Wildman–Crippen LogP) is 3.25. The number of hydrogen-bond donors (Lipinski definition) is 2. The summed E-state index contributed by atoms with van der Waals surface area (Å²) in [6.45, 7) is 0.818.